The highest BCUT2D eigenvalue weighted by molar-refractivity contribution is 6.32. The fourth-order valence-corrected chi connectivity index (χ4v) is 2.06. The van der Waals surface area contributed by atoms with Gasteiger partial charge in [0.05, 0.1) is 4.92 Å². The molecule has 1 atom stereocenters. The molecule has 1 N–H and O–H groups in total. The van der Waals surface area contributed by atoms with Gasteiger partial charge < -0.3 is 5.11 Å². The van der Waals surface area contributed by atoms with Crippen molar-refractivity contribution in [1.82, 2.24) is 0 Å². The smallest absolute Gasteiger partial charge is 0.320 e. The van der Waals surface area contributed by atoms with Gasteiger partial charge in [-0.3, -0.25) is 14.9 Å². The van der Waals surface area contributed by atoms with Gasteiger partial charge in [-0.25, -0.2) is 8.78 Å². The van der Waals surface area contributed by atoms with Gasteiger partial charge in [-0.15, -0.1) is 0 Å². The molecule has 2 rings (SSSR count). The minimum absolute atomic E-state index is 0.228. The third kappa shape index (κ3) is 1.54. The van der Waals surface area contributed by atoms with E-state index in [4.69, 9.17) is 16.7 Å². The zero-order valence-corrected chi connectivity index (χ0v) is 9.45. The van der Waals surface area contributed by atoms with Crippen molar-refractivity contribution in [1.29, 1.82) is 0 Å². The quantitative estimate of drug-likeness (QED) is 0.680. The second-order valence-corrected chi connectivity index (χ2v) is 4.42. The molecule has 0 amide bonds. The molecule has 1 aliphatic rings. The molecule has 1 aromatic rings. The largest absolute Gasteiger partial charge is 0.480 e. The first-order chi connectivity index (χ1) is 8.22. The van der Waals surface area contributed by atoms with Gasteiger partial charge in [-0.05, 0) is 11.6 Å². The van der Waals surface area contributed by atoms with Crippen LogP contribution in [-0.2, 0) is 10.2 Å². The maximum absolute atomic E-state index is 13.2. The Bertz CT molecular complexity index is 563. The van der Waals surface area contributed by atoms with Crippen LogP contribution in [0.1, 0.15) is 12.0 Å². The standard InChI is InChI=1S/C10H6ClF2NO4/c11-6-2-1-5(3-7(6)14(17)18)9(8(15)16)4-10(9,12)13/h1-3H,4H2,(H,15,16). The average Bonchev–Trinajstić information content (AvgIpc) is 2.83. The van der Waals surface area contributed by atoms with Crippen molar-refractivity contribution in [2.24, 2.45) is 0 Å². The second-order valence-electron chi connectivity index (χ2n) is 4.02. The summed E-state index contributed by atoms with van der Waals surface area (Å²) in [6, 6.07) is 2.91. The van der Waals surface area contributed by atoms with Crippen LogP contribution in [0.3, 0.4) is 0 Å². The van der Waals surface area contributed by atoms with Crippen LogP contribution in [-0.4, -0.2) is 21.9 Å². The lowest BCUT2D eigenvalue weighted by Crippen LogP contribution is -2.27. The van der Waals surface area contributed by atoms with E-state index in [0.717, 1.165) is 18.2 Å². The minimum atomic E-state index is -3.40. The molecule has 0 spiro atoms. The van der Waals surface area contributed by atoms with Gasteiger partial charge in [0.2, 0.25) is 0 Å². The summed E-state index contributed by atoms with van der Waals surface area (Å²) in [6.07, 6.45) is -0.867. The SMILES string of the molecule is O=C(O)C1(c2ccc(Cl)c([N+](=O)[O-])c2)CC1(F)F. The number of hydrogen-bond acceptors (Lipinski definition) is 3. The first-order valence-electron chi connectivity index (χ1n) is 4.78. The summed E-state index contributed by atoms with van der Waals surface area (Å²) in [7, 11) is 0. The normalized spacial score (nSPS) is 24.6. The van der Waals surface area contributed by atoms with Crippen molar-refractivity contribution in [2.75, 3.05) is 0 Å². The van der Waals surface area contributed by atoms with E-state index in [2.05, 4.69) is 0 Å². The molecular formula is C10H6ClF2NO4. The highest BCUT2D eigenvalue weighted by atomic mass is 35.5. The van der Waals surface area contributed by atoms with Crippen LogP contribution in [0.4, 0.5) is 14.5 Å². The van der Waals surface area contributed by atoms with Gasteiger partial charge in [-0.2, -0.15) is 0 Å². The molecule has 0 heterocycles. The zero-order chi connectivity index (χ0) is 13.7. The van der Waals surface area contributed by atoms with Crippen molar-refractivity contribution >= 4 is 23.3 Å². The number of carboxylic acids is 1. The van der Waals surface area contributed by atoms with Crippen molar-refractivity contribution in [3.05, 3.63) is 38.9 Å². The number of carbonyl (C=O) groups is 1. The summed E-state index contributed by atoms with van der Waals surface area (Å²) < 4.78 is 26.5. The van der Waals surface area contributed by atoms with Gasteiger partial charge in [0.15, 0.2) is 5.41 Å². The number of halogens is 3. The van der Waals surface area contributed by atoms with Crippen molar-refractivity contribution in [3.63, 3.8) is 0 Å². The number of benzene rings is 1. The number of rotatable bonds is 3. The van der Waals surface area contributed by atoms with Crippen LogP contribution < -0.4 is 0 Å². The topological polar surface area (TPSA) is 80.4 Å². The van der Waals surface area contributed by atoms with Crippen LogP contribution in [0.2, 0.25) is 5.02 Å². The highest BCUT2D eigenvalue weighted by Crippen LogP contribution is 2.62. The summed E-state index contributed by atoms with van der Waals surface area (Å²) in [4.78, 5) is 20.8. The molecule has 0 radical (unpaired) electrons. The van der Waals surface area contributed by atoms with E-state index in [0.29, 0.717) is 0 Å². The molecule has 18 heavy (non-hydrogen) atoms. The summed E-state index contributed by atoms with van der Waals surface area (Å²) in [5.74, 6) is -5.11. The van der Waals surface area contributed by atoms with E-state index in [1.54, 1.807) is 0 Å². The third-order valence-corrected chi connectivity index (χ3v) is 3.31. The summed E-state index contributed by atoms with van der Waals surface area (Å²) in [6.45, 7) is 0. The molecule has 1 unspecified atom stereocenters. The molecule has 1 aromatic carbocycles. The molecule has 96 valence electrons. The Morgan fingerprint density at radius 2 is 2.06 bits per heavy atom. The number of nitro benzene ring substituents is 1. The Morgan fingerprint density at radius 3 is 2.44 bits per heavy atom. The van der Waals surface area contributed by atoms with Crippen LogP contribution in [0.5, 0.6) is 0 Å². The minimum Gasteiger partial charge on any atom is -0.480 e. The average molecular weight is 278 g/mol. The second kappa shape index (κ2) is 3.61. The lowest BCUT2D eigenvalue weighted by Gasteiger charge is -2.11. The number of aliphatic carboxylic acids is 1. The monoisotopic (exact) mass is 277 g/mol. The summed E-state index contributed by atoms with van der Waals surface area (Å²) in [5, 5.41) is 19.3. The van der Waals surface area contributed by atoms with Crippen molar-refractivity contribution < 1.29 is 23.6 Å². The molecule has 8 heteroatoms. The fourth-order valence-electron chi connectivity index (χ4n) is 1.88. The molecule has 5 nitrogen and oxygen atoms in total. The van der Waals surface area contributed by atoms with Gasteiger partial charge in [0.25, 0.3) is 11.6 Å². The van der Waals surface area contributed by atoms with E-state index in [-0.39, 0.29) is 10.6 Å². The van der Waals surface area contributed by atoms with Crippen molar-refractivity contribution in [2.45, 2.75) is 17.8 Å². The summed E-state index contributed by atoms with van der Waals surface area (Å²) in [5.41, 5.74) is -3.27. The van der Waals surface area contributed by atoms with E-state index in [1.165, 1.54) is 0 Å². The van der Waals surface area contributed by atoms with E-state index in [1.807, 2.05) is 0 Å². The molecule has 1 aliphatic carbocycles. The lowest BCUT2D eigenvalue weighted by atomic mass is 9.95. The summed E-state index contributed by atoms with van der Waals surface area (Å²) >= 11 is 5.54. The predicted octanol–water partition coefficient (Wildman–Crippen LogP) is 2.61. The number of nitrogens with zero attached hydrogens (tertiary/aromatic N) is 1. The highest BCUT2D eigenvalue weighted by Gasteiger charge is 2.77. The first-order valence-corrected chi connectivity index (χ1v) is 5.16. The maximum Gasteiger partial charge on any atom is 0.320 e. The Hall–Kier alpha value is -1.76. The van der Waals surface area contributed by atoms with Crippen LogP contribution in [0.15, 0.2) is 18.2 Å². The van der Waals surface area contributed by atoms with Gasteiger partial charge in [-0.1, -0.05) is 17.7 Å². The molecule has 0 bridgehead atoms. The predicted molar refractivity (Wildman–Crippen MR) is 57.0 cm³/mol. The Labute approximate surface area is 104 Å². The molecular weight excluding hydrogens is 272 g/mol. The van der Waals surface area contributed by atoms with Gasteiger partial charge >= 0.3 is 5.97 Å². The van der Waals surface area contributed by atoms with Crippen LogP contribution in [0.25, 0.3) is 0 Å². The van der Waals surface area contributed by atoms with E-state index < -0.39 is 34.3 Å². The number of alkyl halides is 2. The fraction of sp³-hybridized carbons (Fsp3) is 0.300. The Kier molecular flexibility index (Phi) is 2.55. The van der Waals surface area contributed by atoms with Gasteiger partial charge in [0, 0.05) is 12.5 Å². The number of nitro groups is 1. The zero-order valence-electron chi connectivity index (χ0n) is 8.69. The Morgan fingerprint density at radius 1 is 1.50 bits per heavy atom. The van der Waals surface area contributed by atoms with Crippen LogP contribution >= 0.6 is 11.6 Å². The number of hydrogen-bond donors (Lipinski definition) is 1. The molecule has 0 aliphatic heterocycles. The molecule has 0 saturated heterocycles. The number of carboxylic acid groups (broad SMARTS) is 1. The molecule has 1 saturated carbocycles. The molecule has 0 aromatic heterocycles. The van der Waals surface area contributed by atoms with E-state index >= 15 is 0 Å². The first kappa shape index (κ1) is 12.7. The third-order valence-electron chi connectivity index (χ3n) is 2.99. The van der Waals surface area contributed by atoms with Crippen molar-refractivity contribution in [3.8, 4) is 0 Å². The maximum atomic E-state index is 13.2. The Balaban J connectivity index is 2.56. The van der Waals surface area contributed by atoms with Gasteiger partial charge in [0.1, 0.15) is 5.02 Å². The lowest BCUT2D eigenvalue weighted by molar-refractivity contribution is -0.384. The van der Waals surface area contributed by atoms with Crippen LogP contribution in [0, 0.1) is 10.1 Å². The van der Waals surface area contributed by atoms with E-state index in [9.17, 15) is 23.7 Å². The molecule has 1 fully saturated rings.